The standard InChI is InChI=1S/C23H20N2O4/c1-3-29-21-13-16(11-12-20(21)28-2)22(26)18(14-24)23(27)25-19-10-6-8-15-7-4-5-9-17(15)19/h4-13,18H,3H2,1-2H3,(H,25,27). The second kappa shape index (κ2) is 8.89. The van der Waals surface area contributed by atoms with Crippen molar-refractivity contribution in [1.82, 2.24) is 0 Å². The van der Waals surface area contributed by atoms with E-state index < -0.39 is 17.6 Å². The van der Waals surface area contributed by atoms with Crippen molar-refractivity contribution in [3.8, 4) is 17.6 Å². The molecule has 0 heterocycles. The van der Waals surface area contributed by atoms with E-state index in [1.807, 2.05) is 43.3 Å². The molecule has 0 fully saturated rings. The third-order valence-electron chi connectivity index (χ3n) is 4.45. The molecular formula is C23H20N2O4. The van der Waals surface area contributed by atoms with Crippen LogP contribution in [-0.4, -0.2) is 25.4 Å². The topological polar surface area (TPSA) is 88.4 Å². The van der Waals surface area contributed by atoms with Gasteiger partial charge in [0, 0.05) is 16.6 Å². The average Bonchev–Trinajstić information content (AvgIpc) is 2.74. The number of fused-ring (bicyclic) bond motifs is 1. The van der Waals surface area contributed by atoms with Crippen LogP contribution in [0.2, 0.25) is 0 Å². The molecule has 0 aliphatic carbocycles. The molecule has 1 atom stereocenters. The number of Topliss-reactive ketones (excluding diaryl/α,β-unsaturated/α-hetero) is 1. The summed E-state index contributed by atoms with van der Waals surface area (Å²) >= 11 is 0. The highest BCUT2D eigenvalue weighted by Crippen LogP contribution is 2.29. The lowest BCUT2D eigenvalue weighted by atomic mass is 9.97. The number of nitrogens with one attached hydrogen (secondary N) is 1. The summed E-state index contributed by atoms with van der Waals surface area (Å²) in [5.74, 6) is -1.92. The zero-order chi connectivity index (χ0) is 20.8. The molecule has 0 bridgehead atoms. The van der Waals surface area contributed by atoms with Crippen LogP contribution in [0.4, 0.5) is 5.69 Å². The van der Waals surface area contributed by atoms with Gasteiger partial charge in [0.05, 0.1) is 19.8 Å². The molecule has 0 aromatic heterocycles. The van der Waals surface area contributed by atoms with Crippen molar-refractivity contribution in [3.05, 3.63) is 66.2 Å². The molecule has 29 heavy (non-hydrogen) atoms. The highest BCUT2D eigenvalue weighted by molar-refractivity contribution is 6.17. The monoisotopic (exact) mass is 388 g/mol. The maximum absolute atomic E-state index is 12.8. The van der Waals surface area contributed by atoms with Gasteiger partial charge in [-0.25, -0.2) is 0 Å². The molecule has 0 aliphatic heterocycles. The largest absolute Gasteiger partial charge is 0.493 e. The number of anilines is 1. The molecule has 1 unspecified atom stereocenters. The minimum absolute atomic E-state index is 0.203. The van der Waals surface area contributed by atoms with E-state index in [0.29, 0.717) is 23.8 Å². The third kappa shape index (κ3) is 4.19. The molecule has 6 nitrogen and oxygen atoms in total. The first kappa shape index (κ1) is 19.9. The lowest BCUT2D eigenvalue weighted by molar-refractivity contribution is -0.117. The van der Waals surface area contributed by atoms with Crippen molar-refractivity contribution in [2.45, 2.75) is 6.92 Å². The molecule has 6 heteroatoms. The molecule has 1 N–H and O–H groups in total. The van der Waals surface area contributed by atoms with Gasteiger partial charge >= 0.3 is 0 Å². The summed E-state index contributed by atoms with van der Waals surface area (Å²) in [4.78, 5) is 25.6. The highest BCUT2D eigenvalue weighted by Gasteiger charge is 2.28. The van der Waals surface area contributed by atoms with E-state index in [4.69, 9.17) is 9.47 Å². The van der Waals surface area contributed by atoms with E-state index >= 15 is 0 Å². The molecule has 146 valence electrons. The van der Waals surface area contributed by atoms with Gasteiger partial charge in [-0.3, -0.25) is 9.59 Å². The van der Waals surface area contributed by atoms with Gasteiger partial charge in [0.25, 0.3) is 0 Å². The normalized spacial score (nSPS) is 11.3. The van der Waals surface area contributed by atoms with Crippen molar-refractivity contribution >= 4 is 28.2 Å². The van der Waals surface area contributed by atoms with Crippen molar-refractivity contribution in [1.29, 1.82) is 5.26 Å². The van der Waals surface area contributed by atoms with Gasteiger partial charge in [0.15, 0.2) is 23.2 Å². The quantitative estimate of drug-likeness (QED) is 0.484. The van der Waals surface area contributed by atoms with Gasteiger partial charge < -0.3 is 14.8 Å². The number of hydrogen-bond donors (Lipinski definition) is 1. The van der Waals surface area contributed by atoms with E-state index in [2.05, 4.69) is 5.32 Å². The minimum Gasteiger partial charge on any atom is -0.493 e. The van der Waals surface area contributed by atoms with Crippen LogP contribution in [0.3, 0.4) is 0 Å². The van der Waals surface area contributed by atoms with Gasteiger partial charge in [0.1, 0.15) is 0 Å². The Bertz CT molecular complexity index is 1100. The SMILES string of the molecule is CCOc1cc(C(=O)C(C#N)C(=O)Nc2cccc3ccccc23)ccc1OC. The van der Waals surface area contributed by atoms with E-state index in [9.17, 15) is 14.9 Å². The molecular weight excluding hydrogens is 368 g/mol. The average molecular weight is 388 g/mol. The summed E-state index contributed by atoms with van der Waals surface area (Å²) in [5, 5.41) is 14.0. The number of ketones is 1. The number of rotatable bonds is 7. The Morgan fingerprint density at radius 3 is 2.55 bits per heavy atom. The summed E-state index contributed by atoms with van der Waals surface area (Å²) in [6, 6.07) is 19.4. The number of amides is 1. The summed E-state index contributed by atoms with van der Waals surface area (Å²) in [5.41, 5.74) is 0.750. The van der Waals surface area contributed by atoms with Crippen LogP contribution in [0.15, 0.2) is 60.7 Å². The van der Waals surface area contributed by atoms with Gasteiger partial charge in [-0.15, -0.1) is 0 Å². The number of ether oxygens (including phenoxy) is 2. The van der Waals surface area contributed by atoms with Crippen LogP contribution in [0.5, 0.6) is 11.5 Å². The van der Waals surface area contributed by atoms with Gasteiger partial charge in [-0.1, -0.05) is 36.4 Å². The Hall–Kier alpha value is -3.85. The fourth-order valence-electron chi connectivity index (χ4n) is 3.04. The number of nitrogens with zero attached hydrogens (tertiary/aromatic N) is 1. The van der Waals surface area contributed by atoms with Gasteiger partial charge in [-0.2, -0.15) is 5.26 Å². The number of carbonyl (C=O) groups is 2. The Kier molecular flexibility index (Phi) is 6.10. The lowest BCUT2D eigenvalue weighted by Gasteiger charge is -2.13. The van der Waals surface area contributed by atoms with E-state index in [0.717, 1.165) is 10.8 Å². The number of methoxy groups -OCH3 is 1. The zero-order valence-electron chi connectivity index (χ0n) is 16.1. The van der Waals surface area contributed by atoms with Crippen LogP contribution in [0, 0.1) is 17.2 Å². The van der Waals surface area contributed by atoms with Gasteiger partial charge in [0.2, 0.25) is 5.91 Å². The molecule has 3 aromatic rings. The maximum Gasteiger partial charge on any atom is 0.249 e. The van der Waals surface area contributed by atoms with E-state index in [-0.39, 0.29) is 5.56 Å². The van der Waals surface area contributed by atoms with Crippen LogP contribution in [0.25, 0.3) is 10.8 Å². The first-order valence-corrected chi connectivity index (χ1v) is 9.12. The molecule has 0 aliphatic rings. The van der Waals surface area contributed by atoms with Crippen molar-refractivity contribution in [3.63, 3.8) is 0 Å². The van der Waals surface area contributed by atoms with Crippen LogP contribution in [-0.2, 0) is 4.79 Å². The number of hydrogen-bond acceptors (Lipinski definition) is 5. The predicted molar refractivity (Wildman–Crippen MR) is 110 cm³/mol. The summed E-state index contributed by atoms with van der Waals surface area (Å²) in [7, 11) is 1.50. The van der Waals surface area contributed by atoms with E-state index in [1.54, 1.807) is 18.2 Å². The van der Waals surface area contributed by atoms with E-state index in [1.165, 1.54) is 19.2 Å². The minimum atomic E-state index is -1.49. The zero-order valence-corrected chi connectivity index (χ0v) is 16.1. The smallest absolute Gasteiger partial charge is 0.249 e. The fourth-order valence-corrected chi connectivity index (χ4v) is 3.04. The number of benzene rings is 3. The lowest BCUT2D eigenvalue weighted by Crippen LogP contribution is -2.28. The van der Waals surface area contributed by atoms with Crippen molar-refractivity contribution in [2.24, 2.45) is 5.92 Å². The molecule has 1 amide bonds. The number of nitriles is 1. The molecule has 0 radical (unpaired) electrons. The second-order valence-electron chi connectivity index (χ2n) is 6.24. The summed E-state index contributed by atoms with van der Waals surface area (Å²) in [6.45, 7) is 2.20. The first-order chi connectivity index (χ1) is 14.1. The molecule has 0 spiro atoms. The fraction of sp³-hybridized carbons (Fsp3) is 0.174. The van der Waals surface area contributed by atoms with Crippen LogP contribution in [0.1, 0.15) is 17.3 Å². The first-order valence-electron chi connectivity index (χ1n) is 9.12. The summed E-state index contributed by atoms with van der Waals surface area (Å²) < 4.78 is 10.7. The number of carbonyl (C=O) groups excluding carboxylic acids is 2. The van der Waals surface area contributed by atoms with Crippen LogP contribution >= 0.6 is 0 Å². The molecule has 0 saturated carbocycles. The maximum atomic E-state index is 12.8. The highest BCUT2D eigenvalue weighted by atomic mass is 16.5. The Morgan fingerprint density at radius 2 is 1.83 bits per heavy atom. The van der Waals surface area contributed by atoms with Crippen molar-refractivity contribution < 1.29 is 19.1 Å². The molecule has 3 aromatic carbocycles. The Labute approximate surface area is 168 Å². The predicted octanol–water partition coefficient (Wildman–Crippen LogP) is 4.21. The Morgan fingerprint density at radius 1 is 1.07 bits per heavy atom. The Balaban J connectivity index is 1.87. The third-order valence-corrected chi connectivity index (χ3v) is 4.45. The molecule has 3 rings (SSSR count). The van der Waals surface area contributed by atoms with Gasteiger partial charge in [-0.05, 0) is 36.6 Å². The van der Waals surface area contributed by atoms with Crippen molar-refractivity contribution in [2.75, 3.05) is 19.0 Å². The second-order valence-corrected chi connectivity index (χ2v) is 6.24. The van der Waals surface area contributed by atoms with Crippen LogP contribution < -0.4 is 14.8 Å². The molecule has 0 saturated heterocycles. The summed E-state index contributed by atoms with van der Waals surface area (Å²) in [6.07, 6.45) is 0.